The van der Waals surface area contributed by atoms with Crippen molar-refractivity contribution in [2.24, 2.45) is 11.7 Å². The van der Waals surface area contributed by atoms with Gasteiger partial charge in [0.1, 0.15) is 0 Å². The summed E-state index contributed by atoms with van der Waals surface area (Å²) in [6.45, 7) is 2.59. The first-order valence-corrected chi connectivity index (χ1v) is 5.86. The lowest BCUT2D eigenvalue weighted by atomic mass is 10.2. The van der Waals surface area contributed by atoms with Crippen molar-refractivity contribution in [3.8, 4) is 11.8 Å². The molecule has 1 unspecified atom stereocenters. The normalized spacial score (nSPS) is 11.8. The Morgan fingerprint density at radius 3 is 2.28 bits per heavy atom. The highest BCUT2D eigenvalue weighted by Gasteiger charge is 2.14. The molecule has 7 heteroatoms. The molecule has 1 atom stereocenters. The summed E-state index contributed by atoms with van der Waals surface area (Å²) in [4.78, 5) is 10.8. The maximum Gasteiger partial charge on any atom is 0.231 e. The molecule has 0 amide bonds. The van der Waals surface area contributed by atoms with Gasteiger partial charge in [0.15, 0.2) is 0 Å². The highest BCUT2D eigenvalue weighted by atomic mass is 32.1. The lowest BCUT2D eigenvalue weighted by Crippen LogP contribution is -2.32. The molecule has 0 bridgehead atoms. The Hall–Kier alpha value is -1.63. The Balaban J connectivity index is 2.90. The maximum absolute atomic E-state index is 5.59. The number of nitrogens with two attached hydrogens (primary N) is 1. The second kappa shape index (κ2) is 6.34. The predicted molar refractivity (Wildman–Crippen MR) is 74.4 cm³/mol. The van der Waals surface area contributed by atoms with E-state index in [-0.39, 0.29) is 5.92 Å². The lowest BCUT2D eigenvalue weighted by molar-refractivity contribution is 0.371. The van der Waals surface area contributed by atoms with Crippen LogP contribution in [-0.4, -0.2) is 42.8 Å². The number of hydrogen-bond acceptors (Lipinski definition) is 6. The number of thiocarbonyl (C=S) groups is 1. The van der Waals surface area contributed by atoms with Crippen molar-refractivity contribution in [1.29, 1.82) is 0 Å². The molecule has 1 rings (SSSR count). The molecule has 6 nitrogen and oxygen atoms in total. The van der Waals surface area contributed by atoms with E-state index < -0.39 is 0 Å². The standard InChI is InChI=1S/C11H18N4O2S/c1-7(10(12)18)6-15(2)11-13-8(16-3)5-9(14-11)17-4/h5,7H,6H2,1-4H3,(H2,12,18). The number of methoxy groups -OCH3 is 2. The number of hydrogen-bond donors (Lipinski definition) is 1. The van der Waals surface area contributed by atoms with E-state index in [1.807, 2.05) is 18.9 Å². The van der Waals surface area contributed by atoms with Gasteiger partial charge in [-0.25, -0.2) is 0 Å². The molecular weight excluding hydrogens is 252 g/mol. The van der Waals surface area contributed by atoms with Gasteiger partial charge in [-0.05, 0) is 0 Å². The van der Waals surface area contributed by atoms with Gasteiger partial charge in [0.05, 0.1) is 25.3 Å². The quantitative estimate of drug-likeness (QED) is 0.768. The third kappa shape index (κ3) is 3.69. The van der Waals surface area contributed by atoms with Gasteiger partial charge in [0.2, 0.25) is 17.7 Å². The van der Waals surface area contributed by atoms with Crippen LogP contribution in [0.1, 0.15) is 6.92 Å². The van der Waals surface area contributed by atoms with Gasteiger partial charge >= 0.3 is 0 Å². The molecule has 0 fully saturated rings. The average Bonchev–Trinajstić information content (AvgIpc) is 2.37. The van der Waals surface area contributed by atoms with Crippen LogP contribution in [0, 0.1) is 5.92 Å². The van der Waals surface area contributed by atoms with Crippen LogP contribution in [-0.2, 0) is 0 Å². The van der Waals surface area contributed by atoms with Crippen LogP contribution in [0.15, 0.2) is 6.07 Å². The molecule has 18 heavy (non-hydrogen) atoms. The van der Waals surface area contributed by atoms with Crippen LogP contribution >= 0.6 is 12.2 Å². The van der Waals surface area contributed by atoms with Crippen LogP contribution in [0.2, 0.25) is 0 Å². The number of nitrogens with zero attached hydrogens (tertiary/aromatic N) is 3. The minimum atomic E-state index is 0.0748. The minimum absolute atomic E-state index is 0.0748. The van der Waals surface area contributed by atoms with Crippen molar-refractivity contribution in [1.82, 2.24) is 9.97 Å². The molecule has 0 radical (unpaired) electrons. The summed E-state index contributed by atoms with van der Waals surface area (Å²) >= 11 is 4.94. The van der Waals surface area contributed by atoms with Crippen molar-refractivity contribution in [3.63, 3.8) is 0 Å². The Kier molecular flexibility index (Phi) is 5.08. The third-order valence-corrected chi connectivity index (χ3v) is 2.86. The Labute approximate surface area is 112 Å². The maximum atomic E-state index is 5.59. The number of aromatic nitrogens is 2. The molecule has 100 valence electrons. The van der Waals surface area contributed by atoms with Crippen molar-refractivity contribution in [2.45, 2.75) is 6.92 Å². The van der Waals surface area contributed by atoms with Gasteiger partial charge in [-0.3, -0.25) is 0 Å². The summed E-state index contributed by atoms with van der Waals surface area (Å²) in [7, 11) is 4.95. The Morgan fingerprint density at radius 2 is 1.89 bits per heavy atom. The van der Waals surface area contributed by atoms with E-state index in [0.29, 0.717) is 29.2 Å². The molecule has 1 aromatic heterocycles. The van der Waals surface area contributed by atoms with E-state index in [1.54, 1.807) is 20.3 Å². The van der Waals surface area contributed by atoms with Crippen molar-refractivity contribution >= 4 is 23.2 Å². The molecule has 0 saturated heterocycles. The van der Waals surface area contributed by atoms with E-state index in [2.05, 4.69) is 9.97 Å². The van der Waals surface area contributed by atoms with Crippen LogP contribution in [0.4, 0.5) is 5.95 Å². The zero-order valence-corrected chi connectivity index (χ0v) is 11.8. The summed E-state index contributed by atoms with van der Waals surface area (Å²) in [5.74, 6) is 1.48. The Morgan fingerprint density at radius 1 is 1.39 bits per heavy atom. The molecule has 2 N–H and O–H groups in total. The van der Waals surface area contributed by atoms with Gasteiger partial charge in [0.25, 0.3) is 0 Å². The molecule has 1 heterocycles. The fourth-order valence-electron chi connectivity index (χ4n) is 1.35. The van der Waals surface area contributed by atoms with E-state index in [1.165, 1.54) is 0 Å². The molecule has 1 aromatic rings. The largest absolute Gasteiger partial charge is 0.481 e. The van der Waals surface area contributed by atoms with Gasteiger partial charge < -0.3 is 20.1 Å². The van der Waals surface area contributed by atoms with E-state index >= 15 is 0 Å². The van der Waals surface area contributed by atoms with E-state index in [4.69, 9.17) is 27.4 Å². The van der Waals surface area contributed by atoms with Crippen LogP contribution < -0.4 is 20.1 Å². The first-order chi connectivity index (χ1) is 8.47. The van der Waals surface area contributed by atoms with Gasteiger partial charge in [0, 0.05) is 19.5 Å². The SMILES string of the molecule is COc1cc(OC)nc(N(C)CC(C)C(N)=S)n1. The van der Waals surface area contributed by atoms with Gasteiger partial charge in [-0.15, -0.1) is 0 Å². The predicted octanol–water partition coefficient (Wildman–Crippen LogP) is 0.852. The Bertz CT molecular complexity index is 405. The second-order valence-electron chi connectivity index (χ2n) is 3.94. The smallest absolute Gasteiger partial charge is 0.231 e. The van der Waals surface area contributed by atoms with E-state index in [9.17, 15) is 0 Å². The summed E-state index contributed by atoms with van der Waals surface area (Å²) in [6.07, 6.45) is 0. The number of rotatable bonds is 6. The van der Waals surface area contributed by atoms with E-state index in [0.717, 1.165) is 0 Å². The summed E-state index contributed by atoms with van der Waals surface area (Å²) in [6, 6.07) is 1.62. The topological polar surface area (TPSA) is 73.5 Å². The van der Waals surface area contributed by atoms with Gasteiger partial charge in [-0.1, -0.05) is 19.1 Å². The summed E-state index contributed by atoms with van der Waals surface area (Å²) < 4.78 is 10.2. The molecule has 0 saturated carbocycles. The summed E-state index contributed by atoms with van der Waals surface area (Å²) in [5, 5.41) is 0. The van der Waals surface area contributed by atoms with Gasteiger partial charge in [-0.2, -0.15) is 9.97 Å². The monoisotopic (exact) mass is 270 g/mol. The zero-order chi connectivity index (χ0) is 13.7. The fourth-order valence-corrected chi connectivity index (χ4v) is 1.43. The van der Waals surface area contributed by atoms with Crippen molar-refractivity contribution < 1.29 is 9.47 Å². The van der Waals surface area contributed by atoms with Crippen LogP contribution in [0.5, 0.6) is 11.8 Å². The second-order valence-corrected chi connectivity index (χ2v) is 4.41. The molecular formula is C11H18N4O2S. The molecule has 0 aliphatic carbocycles. The lowest BCUT2D eigenvalue weighted by Gasteiger charge is -2.21. The first-order valence-electron chi connectivity index (χ1n) is 5.45. The molecule has 0 aliphatic rings. The van der Waals surface area contributed by atoms with Crippen LogP contribution in [0.3, 0.4) is 0 Å². The highest BCUT2D eigenvalue weighted by molar-refractivity contribution is 7.80. The fraction of sp³-hybridized carbons (Fsp3) is 0.545. The van der Waals surface area contributed by atoms with Crippen LogP contribution in [0.25, 0.3) is 0 Å². The van der Waals surface area contributed by atoms with Crippen molar-refractivity contribution in [3.05, 3.63) is 6.07 Å². The molecule has 0 aliphatic heterocycles. The highest BCUT2D eigenvalue weighted by Crippen LogP contribution is 2.19. The third-order valence-electron chi connectivity index (χ3n) is 2.46. The average molecular weight is 270 g/mol. The zero-order valence-electron chi connectivity index (χ0n) is 11.0. The first kappa shape index (κ1) is 14.4. The molecule has 0 spiro atoms. The number of anilines is 1. The summed E-state index contributed by atoms with van der Waals surface area (Å²) in [5.41, 5.74) is 5.59. The molecule has 0 aromatic carbocycles. The number of ether oxygens (including phenoxy) is 2. The van der Waals surface area contributed by atoms with Crippen molar-refractivity contribution in [2.75, 3.05) is 32.7 Å². The minimum Gasteiger partial charge on any atom is -0.481 e.